The minimum absolute atomic E-state index is 0.186. The van der Waals surface area contributed by atoms with Gasteiger partial charge in [0.15, 0.2) is 0 Å². The van der Waals surface area contributed by atoms with Crippen molar-refractivity contribution in [1.82, 2.24) is 0 Å². The number of nitrogens with one attached hydrogen (secondary N) is 1. The summed E-state index contributed by atoms with van der Waals surface area (Å²) >= 11 is 5.77. The standard InChI is InChI=1S/C11H17ClN2/c1-8(2)11(13)7-14-10-5-3-9(12)4-6-10/h3-6,8,11,14H,7,13H2,1-2H3. The van der Waals surface area contributed by atoms with Gasteiger partial charge < -0.3 is 11.1 Å². The molecule has 3 heteroatoms. The first-order chi connectivity index (χ1) is 6.59. The predicted molar refractivity (Wildman–Crippen MR) is 62.8 cm³/mol. The van der Waals surface area contributed by atoms with Gasteiger partial charge in [0, 0.05) is 23.3 Å². The summed E-state index contributed by atoms with van der Waals surface area (Å²) in [6.07, 6.45) is 0. The van der Waals surface area contributed by atoms with E-state index >= 15 is 0 Å². The lowest BCUT2D eigenvalue weighted by molar-refractivity contribution is 0.511. The van der Waals surface area contributed by atoms with Crippen LogP contribution in [0.5, 0.6) is 0 Å². The summed E-state index contributed by atoms with van der Waals surface area (Å²) < 4.78 is 0. The van der Waals surface area contributed by atoms with Gasteiger partial charge in [0.25, 0.3) is 0 Å². The SMILES string of the molecule is CC(C)C(N)CNc1ccc(Cl)cc1. The van der Waals surface area contributed by atoms with E-state index in [1.165, 1.54) is 0 Å². The van der Waals surface area contributed by atoms with Crippen molar-refractivity contribution in [2.75, 3.05) is 11.9 Å². The van der Waals surface area contributed by atoms with E-state index in [0.29, 0.717) is 5.92 Å². The lowest BCUT2D eigenvalue weighted by Gasteiger charge is -2.16. The average Bonchev–Trinajstić information content (AvgIpc) is 2.16. The molecule has 0 amide bonds. The van der Waals surface area contributed by atoms with Crippen molar-refractivity contribution >= 4 is 17.3 Å². The molecule has 0 bridgehead atoms. The third-order valence-corrected chi connectivity index (χ3v) is 2.49. The van der Waals surface area contributed by atoms with Gasteiger partial charge in [0.1, 0.15) is 0 Å². The van der Waals surface area contributed by atoms with Gasteiger partial charge in [-0.2, -0.15) is 0 Å². The Kier molecular flexibility index (Phi) is 4.23. The Labute approximate surface area is 90.4 Å². The normalized spacial score (nSPS) is 12.9. The van der Waals surface area contributed by atoms with Gasteiger partial charge in [-0.05, 0) is 30.2 Å². The highest BCUT2D eigenvalue weighted by Gasteiger charge is 2.06. The molecule has 0 radical (unpaired) electrons. The first-order valence-corrected chi connectivity index (χ1v) is 5.22. The van der Waals surface area contributed by atoms with E-state index in [1.54, 1.807) is 0 Å². The van der Waals surface area contributed by atoms with Crippen molar-refractivity contribution in [1.29, 1.82) is 0 Å². The summed E-state index contributed by atoms with van der Waals surface area (Å²) in [5.74, 6) is 0.495. The maximum absolute atomic E-state index is 5.91. The Balaban J connectivity index is 2.42. The first-order valence-electron chi connectivity index (χ1n) is 4.84. The number of rotatable bonds is 4. The van der Waals surface area contributed by atoms with E-state index in [9.17, 15) is 0 Å². The van der Waals surface area contributed by atoms with E-state index in [4.69, 9.17) is 17.3 Å². The number of hydrogen-bond donors (Lipinski definition) is 2. The zero-order valence-electron chi connectivity index (χ0n) is 8.63. The summed E-state index contributed by atoms with van der Waals surface area (Å²) in [7, 11) is 0. The van der Waals surface area contributed by atoms with E-state index in [1.807, 2.05) is 24.3 Å². The third-order valence-electron chi connectivity index (χ3n) is 2.24. The van der Waals surface area contributed by atoms with Crippen LogP contribution in [0.3, 0.4) is 0 Å². The molecule has 0 saturated heterocycles. The van der Waals surface area contributed by atoms with Gasteiger partial charge >= 0.3 is 0 Å². The first kappa shape index (κ1) is 11.3. The number of halogens is 1. The van der Waals surface area contributed by atoms with Crippen LogP contribution < -0.4 is 11.1 Å². The summed E-state index contributed by atoms with van der Waals surface area (Å²) in [5, 5.41) is 4.02. The molecule has 1 atom stereocenters. The summed E-state index contributed by atoms with van der Waals surface area (Å²) in [4.78, 5) is 0. The van der Waals surface area contributed by atoms with Gasteiger partial charge in [-0.3, -0.25) is 0 Å². The van der Waals surface area contributed by atoms with Crippen molar-refractivity contribution < 1.29 is 0 Å². The zero-order chi connectivity index (χ0) is 10.6. The maximum Gasteiger partial charge on any atom is 0.0407 e. The molecule has 1 aromatic carbocycles. The quantitative estimate of drug-likeness (QED) is 0.806. The van der Waals surface area contributed by atoms with Crippen LogP contribution in [0.2, 0.25) is 5.02 Å². The second-order valence-electron chi connectivity index (χ2n) is 3.80. The lowest BCUT2D eigenvalue weighted by atomic mass is 10.1. The fourth-order valence-corrected chi connectivity index (χ4v) is 1.17. The molecule has 3 N–H and O–H groups in total. The number of anilines is 1. The highest BCUT2D eigenvalue weighted by molar-refractivity contribution is 6.30. The van der Waals surface area contributed by atoms with Crippen LogP contribution in [-0.4, -0.2) is 12.6 Å². The third kappa shape index (κ3) is 3.56. The molecule has 0 aliphatic heterocycles. The predicted octanol–water partition coefficient (Wildman–Crippen LogP) is 2.74. The molecule has 0 fully saturated rings. The van der Waals surface area contributed by atoms with Crippen LogP contribution in [-0.2, 0) is 0 Å². The number of nitrogens with two attached hydrogens (primary N) is 1. The molecule has 78 valence electrons. The van der Waals surface area contributed by atoms with Crippen molar-refractivity contribution in [3.8, 4) is 0 Å². The van der Waals surface area contributed by atoms with Crippen LogP contribution in [0.15, 0.2) is 24.3 Å². The van der Waals surface area contributed by atoms with Gasteiger partial charge in [0.2, 0.25) is 0 Å². The molecule has 2 nitrogen and oxygen atoms in total. The van der Waals surface area contributed by atoms with Gasteiger partial charge in [0.05, 0.1) is 0 Å². The smallest absolute Gasteiger partial charge is 0.0407 e. The Morgan fingerprint density at radius 3 is 2.36 bits per heavy atom. The topological polar surface area (TPSA) is 38.0 Å². The van der Waals surface area contributed by atoms with Crippen molar-refractivity contribution in [3.05, 3.63) is 29.3 Å². The average molecular weight is 213 g/mol. The Morgan fingerprint density at radius 2 is 1.86 bits per heavy atom. The molecule has 0 aliphatic rings. The molecular formula is C11H17ClN2. The van der Waals surface area contributed by atoms with Crippen LogP contribution in [0.4, 0.5) is 5.69 Å². The fraction of sp³-hybridized carbons (Fsp3) is 0.455. The van der Waals surface area contributed by atoms with Crippen LogP contribution >= 0.6 is 11.6 Å². The minimum Gasteiger partial charge on any atom is -0.383 e. The largest absolute Gasteiger partial charge is 0.383 e. The van der Waals surface area contributed by atoms with Crippen LogP contribution in [0.1, 0.15) is 13.8 Å². The molecule has 1 aromatic rings. The molecule has 0 spiro atoms. The van der Waals surface area contributed by atoms with Gasteiger partial charge in [-0.1, -0.05) is 25.4 Å². The van der Waals surface area contributed by atoms with E-state index < -0.39 is 0 Å². The van der Waals surface area contributed by atoms with E-state index in [0.717, 1.165) is 17.3 Å². The maximum atomic E-state index is 5.91. The summed E-state index contributed by atoms with van der Waals surface area (Å²) in [5.41, 5.74) is 6.97. The zero-order valence-corrected chi connectivity index (χ0v) is 9.38. The van der Waals surface area contributed by atoms with Gasteiger partial charge in [-0.25, -0.2) is 0 Å². The Morgan fingerprint density at radius 1 is 1.29 bits per heavy atom. The van der Waals surface area contributed by atoms with Crippen LogP contribution in [0.25, 0.3) is 0 Å². The Bertz CT molecular complexity index is 269. The van der Waals surface area contributed by atoms with E-state index in [-0.39, 0.29) is 6.04 Å². The fourth-order valence-electron chi connectivity index (χ4n) is 1.04. The summed E-state index contributed by atoms with van der Waals surface area (Å²) in [6.45, 7) is 5.03. The van der Waals surface area contributed by atoms with Crippen molar-refractivity contribution in [3.63, 3.8) is 0 Å². The highest BCUT2D eigenvalue weighted by atomic mass is 35.5. The van der Waals surface area contributed by atoms with E-state index in [2.05, 4.69) is 19.2 Å². The Hall–Kier alpha value is -0.730. The molecule has 1 rings (SSSR count). The van der Waals surface area contributed by atoms with Crippen molar-refractivity contribution in [2.24, 2.45) is 11.7 Å². The monoisotopic (exact) mass is 212 g/mol. The van der Waals surface area contributed by atoms with Crippen LogP contribution in [0, 0.1) is 5.92 Å². The molecule has 0 heterocycles. The molecular weight excluding hydrogens is 196 g/mol. The molecule has 0 aromatic heterocycles. The number of benzene rings is 1. The highest BCUT2D eigenvalue weighted by Crippen LogP contribution is 2.13. The molecule has 14 heavy (non-hydrogen) atoms. The summed E-state index contributed by atoms with van der Waals surface area (Å²) in [6, 6.07) is 7.83. The molecule has 0 aliphatic carbocycles. The number of hydrogen-bond acceptors (Lipinski definition) is 2. The second kappa shape index (κ2) is 5.23. The second-order valence-corrected chi connectivity index (χ2v) is 4.23. The molecule has 1 unspecified atom stereocenters. The lowest BCUT2D eigenvalue weighted by Crippen LogP contribution is -2.33. The van der Waals surface area contributed by atoms with Gasteiger partial charge in [-0.15, -0.1) is 0 Å². The molecule has 0 saturated carbocycles. The minimum atomic E-state index is 0.186. The van der Waals surface area contributed by atoms with Crippen molar-refractivity contribution in [2.45, 2.75) is 19.9 Å².